The van der Waals surface area contributed by atoms with E-state index in [1.54, 1.807) is 24.3 Å². The Labute approximate surface area is 422 Å². The van der Waals surface area contributed by atoms with Crippen molar-refractivity contribution >= 4 is 139 Å². The molecule has 6 aromatic carbocycles. The Morgan fingerprint density at radius 1 is 0.412 bits per heavy atom. The van der Waals surface area contributed by atoms with Crippen LogP contribution in [-0.4, -0.2) is 32.3 Å². The van der Waals surface area contributed by atoms with Crippen LogP contribution in [0.25, 0.3) is 0 Å². The van der Waals surface area contributed by atoms with E-state index in [1.807, 2.05) is 0 Å². The van der Waals surface area contributed by atoms with E-state index >= 15 is 0 Å². The first-order valence-corrected chi connectivity index (χ1v) is 22.4. The Morgan fingerprint density at radius 3 is 1.07 bits per heavy atom. The van der Waals surface area contributed by atoms with Gasteiger partial charge < -0.3 is 21.3 Å². The van der Waals surface area contributed by atoms with Crippen molar-refractivity contribution < 1.29 is 45.5 Å². The number of carbonyl (C=O) groups excluding carboxylic acids is 4. The molecule has 4 N–H and O–H groups in total. The standard InChI is InChI=1S/2C23H13Cl4F3N2O2/c2*24-11-5-10(6-12(25)7-11)19-20(23(19,26)27)22(34)31-14-2-3-16(29)15(9-14)21(33)32-18-4-1-13(28)8-17(18)30/h2*1-9,19-20H,(H,31,34)(H,32,33)/t2*19-,20+/m10/s1. The molecule has 0 unspecified atom stereocenters. The number of halogens is 14. The van der Waals surface area contributed by atoms with Crippen molar-refractivity contribution in [2.24, 2.45) is 11.8 Å². The van der Waals surface area contributed by atoms with Gasteiger partial charge in [-0.3, -0.25) is 19.2 Å². The van der Waals surface area contributed by atoms with Gasteiger partial charge in [-0.2, -0.15) is 0 Å². The van der Waals surface area contributed by atoms with Crippen molar-refractivity contribution in [1.29, 1.82) is 0 Å². The lowest BCUT2D eigenvalue weighted by Crippen LogP contribution is -2.19. The van der Waals surface area contributed by atoms with Crippen LogP contribution in [0, 0.1) is 46.7 Å². The minimum absolute atomic E-state index is 0.0787. The molecule has 0 aliphatic heterocycles. The molecule has 2 aliphatic rings. The zero-order valence-electron chi connectivity index (χ0n) is 33.6. The molecule has 352 valence electrons. The summed E-state index contributed by atoms with van der Waals surface area (Å²) in [4.78, 5) is 50.6. The molecule has 0 heterocycles. The SMILES string of the molecule is O=C(Nc1ccc(F)cc1F)c1cc(NC(=O)[C@@H]2[C@@H](c3cc(Cl)cc(Cl)c3)C2(Cl)Cl)ccc1F.O=C(Nc1ccc(F)cc1F)c1cc(NC(=O)[C@H]2[C@H](c3cc(Cl)cc(Cl)c3)C2(Cl)Cl)ccc1F. The summed E-state index contributed by atoms with van der Waals surface area (Å²) in [7, 11) is 0. The summed E-state index contributed by atoms with van der Waals surface area (Å²) in [6, 6.07) is 21.0. The van der Waals surface area contributed by atoms with Crippen LogP contribution in [0.3, 0.4) is 0 Å². The average molecular weight is 1100 g/mol. The van der Waals surface area contributed by atoms with Crippen LogP contribution in [-0.2, 0) is 9.59 Å². The molecule has 0 radical (unpaired) electrons. The summed E-state index contributed by atoms with van der Waals surface area (Å²) in [5, 5.41) is 10.8. The summed E-state index contributed by atoms with van der Waals surface area (Å²) < 4.78 is 79.5. The molecule has 2 fully saturated rings. The summed E-state index contributed by atoms with van der Waals surface area (Å²) in [6.45, 7) is 0. The van der Waals surface area contributed by atoms with Gasteiger partial charge in [0, 0.05) is 55.4 Å². The Bertz CT molecular complexity index is 2800. The van der Waals surface area contributed by atoms with Gasteiger partial charge in [-0.25, -0.2) is 26.3 Å². The van der Waals surface area contributed by atoms with Gasteiger partial charge in [-0.05, 0) is 108 Å². The van der Waals surface area contributed by atoms with E-state index < -0.39 is 102 Å². The number of alkyl halides is 4. The highest BCUT2D eigenvalue weighted by atomic mass is 35.5. The number of hydrogen-bond donors (Lipinski definition) is 4. The molecule has 8 nitrogen and oxygen atoms in total. The van der Waals surface area contributed by atoms with Crippen LogP contribution in [0.5, 0.6) is 0 Å². The number of nitrogens with one attached hydrogen (secondary N) is 4. The fourth-order valence-electron chi connectivity index (χ4n) is 7.20. The molecule has 6 aromatic rings. The van der Waals surface area contributed by atoms with E-state index in [9.17, 15) is 45.5 Å². The first-order chi connectivity index (χ1) is 31.9. The van der Waals surface area contributed by atoms with Crippen molar-refractivity contribution in [2.75, 3.05) is 21.3 Å². The van der Waals surface area contributed by atoms with Crippen LogP contribution < -0.4 is 21.3 Å². The molecule has 2 aliphatic carbocycles. The predicted molar refractivity (Wildman–Crippen MR) is 253 cm³/mol. The number of carbonyl (C=O) groups is 4. The third kappa shape index (κ3) is 11.4. The molecule has 22 heteroatoms. The van der Waals surface area contributed by atoms with Crippen molar-refractivity contribution in [3.05, 3.63) is 186 Å². The highest BCUT2D eigenvalue weighted by molar-refractivity contribution is 6.54. The summed E-state index contributed by atoms with van der Waals surface area (Å²) in [6.07, 6.45) is 0. The Hall–Kier alpha value is -4.90. The normalized spacial score (nSPS) is 18.3. The van der Waals surface area contributed by atoms with Gasteiger partial charge in [-0.1, -0.05) is 46.4 Å². The van der Waals surface area contributed by atoms with Crippen LogP contribution in [0.2, 0.25) is 20.1 Å². The van der Waals surface area contributed by atoms with Gasteiger partial charge in [0.2, 0.25) is 11.8 Å². The summed E-state index contributed by atoms with van der Waals surface area (Å²) in [5.74, 6) is -11.7. The Kier molecular flexibility index (Phi) is 15.1. The van der Waals surface area contributed by atoms with Gasteiger partial charge in [0.25, 0.3) is 11.8 Å². The minimum atomic E-state index is -1.43. The minimum Gasteiger partial charge on any atom is -0.326 e. The number of rotatable bonds is 10. The average Bonchev–Trinajstić information content (AvgIpc) is 4.06. The monoisotopic (exact) mass is 1090 g/mol. The van der Waals surface area contributed by atoms with E-state index in [4.69, 9.17) is 92.8 Å². The van der Waals surface area contributed by atoms with Crippen LogP contribution >= 0.6 is 92.8 Å². The molecule has 4 atom stereocenters. The zero-order valence-corrected chi connectivity index (χ0v) is 39.7. The number of anilines is 4. The van der Waals surface area contributed by atoms with E-state index in [1.165, 1.54) is 24.3 Å². The largest absolute Gasteiger partial charge is 0.326 e. The van der Waals surface area contributed by atoms with Crippen molar-refractivity contribution in [2.45, 2.75) is 20.5 Å². The maximum atomic E-state index is 14.3. The van der Waals surface area contributed by atoms with Crippen LogP contribution in [0.1, 0.15) is 43.7 Å². The highest BCUT2D eigenvalue weighted by Gasteiger charge is 2.68. The lowest BCUT2D eigenvalue weighted by molar-refractivity contribution is -0.118. The van der Waals surface area contributed by atoms with Gasteiger partial charge in [0.1, 0.15) is 43.6 Å². The molecule has 0 saturated heterocycles. The van der Waals surface area contributed by atoms with Gasteiger partial charge in [-0.15, -0.1) is 46.4 Å². The second kappa shape index (κ2) is 20.2. The van der Waals surface area contributed by atoms with Crippen molar-refractivity contribution in [1.82, 2.24) is 0 Å². The third-order valence-corrected chi connectivity index (χ3v) is 13.2. The second-order valence-corrected chi connectivity index (χ2v) is 19.8. The van der Waals surface area contributed by atoms with Crippen LogP contribution in [0.4, 0.5) is 49.1 Å². The molecular weight excluding hydrogens is 1070 g/mol. The lowest BCUT2D eigenvalue weighted by Gasteiger charge is -2.10. The molecule has 4 amide bonds. The fourth-order valence-corrected chi connectivity index (χ4v) is 9.94. The lowest BCUT2D eigenvalue weighted by atomic mass is 10.1. The Balaban J connectivity index is 0.000000201. The topological polar surface area (TPSA) is 116 Å². The molecule has 8 rings (SSSR count). The first-order valence-electron chi connectivity index (χ1n) is 19.4. The molecule has 68 heavy (non-hydrogen) atoms. The molecule has 0 bridgehead atoms. The maximum absolute atomic E-state index is 14.3. The number of amides is 4. The van der Waals surface area contributed by atoms with E-state index in [0.717, 1.165) is 48.5 Å². The van der Waals surface area contributed by atoms with Crippen LogP contribution in [0.15, 0.2) is 109 Å². The van der Waals surface area contributed by atoms with E-state index in [0.29, 0.717) is 43.4 Å². The van der Waals surface area contributed by atoms with E-state index in [2.05, 4.69) is 21.3 Å². The second-order valence-electron chi connectivity index (χ2n) is 15.2. The summed E-state index contributed by atoms with van der Waals surface area (Å²) >= 11 is 49.4. The van der Waals surface area contributed by atoms with Crippen molar-refractivity contribution in [3.63, 3.8) is 0 Å². The third-order valence-electron chi connectivity index (χ3n) is 10.5. The Morgan fingerprint density at radius 2 is 0.750 bits per heavy atom. The zero-order chi connectivity index (χ0) is 49.6. The molecule has 2 saturated carbocycles. The smallest absolute Gasteiger partial charge is 0.258 e. The quantitative estimate of drug-likeness (QED) is 0.0808. The van der Waals surface area contributed by atoms with E-state index in [-0.39, 0.29) is 22.7 Å². The number of benzene rings is 6. The first kappa shape index (κ1) is 51.0. The molecule has 0 aromatic heterocycles. The molecular formula is C46H26Cl8F6N4O4. The van der Waals surface area contributed by atoms with Gasteiger partial charge >= 0.3 is 0 Å². The predicted octanol–water partition coefficient (Wildman–Crippen LogP) is 14.4. The van der Waals surface area contributed by atoms with Crippen molar-refractivity contribution in [3.8, 4) is 0 Å². The summed E-state index contributed by atoms with van der Waals surface area (Å²) in [5.41, 5.74) is -0.320. The molecule has 0 spiro atoms. The van der Waals surface area contributed by atoms with Gasteiger partial charge in [0.05, 0.1) is 34.3 Å². The fraction of sp³-hybridized carbons (Fsp3) is 0.130. The van der Waals surface area contributed by atoms with Gasteiger partial charge in [0.15, 0.2) is 0 Å². The highest BCUT2D eigenvalue weighted by Crippen LogP contribution is 2.66. The maximum Gasteiger partial charge on any atom is 0.258 e. The number of hydrogen-bond acceptors (Lipinski definition) is 4.